The zero-order chi connectivity index (χ0) is 19.4. The molecule has 27 heavy (non-hydrogen) atoms. The topological polar surface area (TPSA) is 67.6 Å². The number of piperidine rings is 1. The largest absolute Gasteiger partial charge is 0.497 e. The second-order valence-electron chi connectivity index (χ2n) is 6.67. The molecule has 0 bridgehead atoms. The van der Waals surface area contributed by atoms with Crippen molar-refractivity contribution < 1.29 is 22.8 Å². The number of nitrogens with zero attached hydrogens (tertiary/aromatic N) is 2. The molecular weight excluding hydrogens is 356 g/mol. The number of rotatable bonds is 5. The molecule has 1 N–H and O–H groups in total. The van der Waals surface area contributed by atoms with Crippen molar-refractivity contribution in [2.75, 3.05) is 20.2 Å². The van der Waals surface area contributed by atoms with Crippen molar-refractivity contribution in [1.82, 2.24) is 15.4 Å². The average Bonchev–Trinajstić information content (AvgIpc) is 3.12. The monoisotopic (exact) mass is 379 g/mol. The molecular formula is C19H23F2N3O3. The van der Waals surface area contributed by atoms with E-state index in [9.17, 15) is 13.6 Å². The van der Waals surface area contributed by atoms with E-state index >= 15 is 0 Å². The van der Waals surface area contributed by atoms with Crippen LogP contribution in [0.15, 0.2) is 34.9 Å². The van der Waals surface area contributed by atoms with Gasteiger partial charge in [0.2, 0.25) is 0 Å². The Bertz CT molecular complexity index is 756. The van der Waals surface area contributed by atoms with Gasteiger partial charge < -0.3 is 19.5 Å². The summed E-state index contributed by atoms with van der Waals surface area (Å²) in [5, 5.41) is 6.35. The highest BCUT2D eigenvalue weighted by molar-refractivity contribution is 5.75. The van der Waals surface area contributed by atoms with Gasteiger partial charge in [0.15, 0.2) is 0 Å². The third-order valence-corrected chi connectivity index (χ3v) is 4.84. The first-order valence-corrected chi connectivity index (χ1v) is 8.88. The van der Waals surface area contributed by atoms with Gasteiger partial charge in [-0.1, -0.05) is 17.3 Å². The molecule has 6 nitrogen and oxygen atoms in total. The van der Waals surface area contributed by atoms with E-state index in [1.807, 2.05) is 13.0 Å². The molecule has 0 radical (unpaired) electrons. The molecule has 1 aromatic carbocycles. The van der Waals surface area contributed by atoms with Gasteiger partial charge in [-0.3, -0.25) is 0 Å². The van der Waals surface area contributed by atoms with Gasteiger partial charge in [0.1, 0.15) is 17.6 Å². The van der Waals surface area contributed by atoms with E-state index < -0.39 is 18.5 Å². The van der Waals surface area contributed by atoms with Crippen LogP contribution in [0.25, 0.3) is 0 Å². The van der Waals surface area contributed by atoms with Crippen molar-refractivity contribution in [3.05, 3.63) is 47.3 Å². The Balaban J connectivity index is 1.59. The fourth-order valence-corrected chi connectivity index (χ4v) is 3.27. The number of hydrogen-bond donors (Lipinski definition) is 1. The van der Waals surface area contributed by atoms with Crippen LogP contribution in [-0.2, 0) is 0 Å². The van der Waals surface area contributed by atoms with Gasteiger partial charge in [0.25, 0.3) is 6.43 Å². The number of nitrogens with one attached hydrogen (secondary N) is 1. The fourth-order valence-electron chi connectivity index (χ4n) is 3.27. The predicted molar refractivity (Wildman–Crippen MR) is 95.1 cm³/mol. The summed E-state index contributed by atoms with van der Waals surface area (Å²) in [7, 11) is 1.51. The highest BCUT2D eigenvalue weighted by Crippen LogP contribution is 2.29. The Kier molecular flexibility index (Phi) is 5.93. The van der Waals surface area contributed by atoms with Gasteiger partial charge in [-0.25, -0.2) is 13.6 Å². The van der Waals surface area contributed by atoms with Gasteiger partial charge in [-0.05, 0) is 37.5 Å². The lowest BCUT2D eigenvalue weighted by molar-refractivity contribution is 0.0943. The van der Waals surface area contributed by atoms with Gasteiger partial charge in [0.05, 0.1) is 12.8 Å². The predicted octanol–water partition coefficient (Wildman–Crippen LogP) is 3.89. The van der Waals surface area contributed by atoms with E-state index in [0.29, 0.717) is 37.2 Å². The van der Waals surface area contributed by atoms with E-state index in [2.05, 4.69) is 10.5 Å². The summed E-state index contributed by atoms with van der Waals surface area (Å²) in [5.74, 6) is 1.58. The minimum absolute atomic E-state index is 0.197. The maximum absolute atomic E-state index is 13.5. The molecule has 1 saturated heterocycles. The molecule has 8 heteroatoms. The molecule has 2 heterocycles. The minimum atomic E-state index is -2.71. The van der Waals surface area contributed by atoms with Crippen LogP contribution in [-0.4, -0.2) is 42.7 Å². The summed E-state index contributed by atoms with van der Waals surface area (Å²) in [5.41, 5.74) is 1.16. The number of methoxy groups -OCH3 is 1. The van der Waals surface area contributed by atoms with Gasteiger partial charge >= 0.3 is 6.03 Å². The van der Waals surface area contributed by atoms with E-state index in [-0.39, 0.29) is 5.92 Å². The molecule has 0 saturated carbocycles. The van der Waals surface area contributed by atoms with Gasteiger partial charge in [-0.15, -0.1) is 0 Å². The molecule has 3 rings (SSSR count). The van der Waals surface area contributed by atoms with Crippen LogP contribution >= 0.6 is 0 Å². The zero-order valence-corrected chi connectivity index (χ0v) is 15.3. The lowest BCUT2D eigenvalue weighted by atomic mass is 9.94. The molecule has 1 aliphatic rings. The first-order chi connectivity index (χ1) is 13.0. The third kappa shape index (κ3) is 4.56. The number of aromatic nitrogens is 1. The van der Waals surface area contributed by atoms with E-state index in [1.165, 1.54) is 19.2 Å². The SMILES string of the molecule is COc1ccc(C(NC(=O)N2CCC(c3cc(C)no3)CC2)C(F)F)cc1. The molecule has 1 fully saturated rings. The molecule has 1 aliphatic heterocycles. The first kappa shape index (κ1) is 19.1. The highest BCUT2D eigenvalue weighted by atomic mass is 19.3. The maximum atomic E-state index is 13.5. The molecule has 1 aromatic heterocycles. The number of urea groups is 1. The number of ether oxygens (including phenoxy) is 1. The Morgan fingerprint density at radius 2 is 1.96 bits per heavy atom. The number of hydrogen-bond acceptors (Lipinski definition) is 4. The minimum Gasteiger partial charge on any atom is -0.497 e. The number of aryl methyl sites for hydroxylation is 1. The van der Waals surface area contributed by atoms with Crippen LogP contribution in [0.3, 0.4) is 0 Å². The Hall–Kier alpha value is -2.64. The van der Waals surface area contributed by atoms with E-state index in [0.717, 1.165) is 11.5 Å². The summed E-state index contributed by atoms with van der Waals surface area (Å²) in [6.07, 6.45) is -1.29. The standard InChI is InChI=1S/C19H23F2N3O3/c1-12-11-16(27-23-12)13-7-9-24(10-8-13)19(25)22-17(18(20)21)14-3-5-15(26-2)6-4-14/h3-6,11,13,17-18H,7-10H2,1-2H3,(H,22,25). The molecule has 0 spiro atoms. The van der Waals surface area contributed by atoms with Crippen molar-refractivity contribution >= 4 is 6.03 Å². The number of carbonyl (C=O) groups excluding carboxylic acids is 1. The van der Waals surface area contributed by atoms with Crippen LogP contribution in [0.4, 0.5) is 13.6 Å². The Labute approximate surface area is 156 Å². The number of alkyl halides is 2. The number of amides is 2. The maximum Gasteiger partial charge on any atom is 0.318 e. The second-order valence-corrected chi connectivity index (χ2v) is 6.67. The van der Waals surface area contributed by atoms with Gasteiger partial charge in [0, 0.05) is 25.1 Å². The molecule has 2 amide bonds. The van der Waals surface area contributed by atoms with Crippen LogP contribution in [0.2, 0.25) is 0 Å². The number of benzene rings is 1. The van der Waals surface area contributed by atoms with Crippen molar-refractivity contribution in [3.8, 4) is 5.75 Å². The van der Waals surface area contributed by atoms with Crippen molar-refractivity contribution in [2.24, 2.45) is 0 Å². The van der Waals surface area contributed by atoms with Crippen molar-refractivity contribution in [1.29, 1.82) is 0 Å². The van der Waals surface area contributed by atoms with Crippen LogP contribution in [0.5, 0.6) is 5.75 Å². The summed E-state index contributed by atoms with van der Waals surface area (Å²) in [4.78, 5) is 14.0. The van der Waals surface area contributed by atoms with E-state index in [1.54, 1.807) is 17.0 Å². The van der Waals surface area contributed by atoms with Crippen LogP contribution in [0.1, 0.15) is 41.8 Å². The number of likely N-dealkylation sites (tertiary alicyclic amines) is 1. The first-order valence-electron chi connectivity index (χ1n) is 8.88. The second kappa shape index (κ2) is 8.37. The third-order valence-electron chi connectivity index (χ3n) is 4.84. The molecule has 146 valence electrons. The number of halogens is 2. The summed E-state index contributed by atoms with van der Waals surface area (Å²) in [6.45, 7) is 2.82. The number of carbonyl (C=O) groups is 1. The highest BCUT2D eigenvalue weighted by Gasteiger charge is 2.30. The quantitative estimate of drug-likeness (QED) is 0.856. The average molecular weight is 379 g/mol. The normalized spacial score (nSPS) is 16.4. The Morgan fingerprint density at radius 3 is 2.48 bits per heavy atom. The van der Waals surface area contributed by atoms with Crippen molar-refractivity contribution in [3.63, 3.8) is 0 Å². The molecule has 2 aromatic rings. The molecule has 0 aliphatic carbocycles. The summed E-state index contributed by atoms with van der Waals surface area (Å²) < 4.78 is 37.3. The smallest absolute Gasteiger partial charge is 0.318 e. The lowest BCUT2D eigenvalue weighted by Gasteiger charge is -2.32. The fraction of sp³-hybridized carbons (Fsp3) is 0.474. The zero-order valence-electron chi connectivity index (χ0n) is 15.3. The Morgan fingerprint density at radius 1 is 1.30 bits per heavy atom. The summed E-state index contributed by atoms with van der Waals surface area (Å²) in [6, 6.07) is 6.32. The van der Waals surface area contributed by atoms with E-state index in [4.69, 9.17) is 9.26 Å². The lowest BCUT2D eigenvalue weighted by Crippen LogP contribution is -2.46. The molecule has 1 unspecified atom stereocenters. The van der Waals surface area contributed by atoms with Crippen LogP contribution in [0, 0.1) is 6.92 Å². The summed E-state index contributed by atoms with van der Waals surface area (Å²) >= 11 is 0. The van der Waals surface area contributed by atoms with Gasteiger partial charge in [-0.2, -0.15) is 0 Å². The van der Waals surface area contributed by atoms with Crippen molar-refractivity contribution in [2.45, 2.75) is 38.2 Å². The molecule has 1 atom stereocenters. The van der Waals surface area contributed by atoms with Crippen LogP contribution < -0.4 is 10.1 Å².